The Kier molecular flexibility index (Phi) is 5.78. The Balaban J connectivity index is 1.81. The lowest BCUT2D eigenvalue weighted by molar-refractivity contribution is -0.113. The van der Waals surface area contributed by atoms with Gasteiger partial charge in [0.15, 0.2) is 4.34 Å². The van der Waals surface area contributed by atoms with Gasteiger partial charge in [-0.15, -0.1) is 10.2 Å². The molecule has 0 bridgehead atoms. The number of nitriles is 1. The Morgan fingerprint density at radius 2 is 2.07 bits per heavy atom. The standard InChI is InChI=1S/C18H18N6OS2/c1-11-12(2)24(9-13-6-4-3-5-7-13)16(14(11)8-19)21-15(25)10-26-18-23-22-17(20)27-18/h3-7H,9-10H2,1-2H3,(H2,20,22)(H,21,25). The molecule has 0 aliphatic rings. The number of carbonyl (C=O) groups excluding carboxylic acids is 1. The summed E-state index contributed by atoms with van der Waals surface area (Å²) >= 11 is 2.50. The van der Waals surface area contributed by atoms with Crippen LogP contribution in [0, 0.1) is 25.2 Å². The molecule has 3 N–H and O–H groups in total. The van der Waals surface area contributed by atoms with Crippen LogP contribution < -0.4 is 11.1 Å². The molecule has 0 aliphatic heterocycles. The Morgan fingerprint density at radius 3 is 2.70 bits per heavy atom. The fourth-order valence-electron chi connectivity index (χ4n) is 2.67. The number of carbonyl (C=O) groups is 1. The first-order chi connectivity index (χ1) is 13.0. The van der Waals surface area contributed by atoms with Gasteiger partial charge in [-0.1, -0.05) is 53.4 Å². The van der Waals surface area contributed by atoms with Gasteiger partial charge in [-0.3, -0.25) is 4.79 Å². The van der Waals surface area contributed by atoms with Crippen LogP contribution in [0.25, 0.3) is 0 Å². The molecule has 3 rings (SSSR count). The van der Waals surface area contributed by atoms with Gasteiger partial charge in [0.25, 0.3) is 0 Å². The van der Waals surface area contributed by atoms with Crippen molar-refractivity contribution in [3.63, 3.8) is 0 Å². The number of anilines is 2. The highest BCUT2D eigenvalue weighted by atomic mass is 32.2. The molecule has 0 aliphatic carbocycles. The van der Waals surface area contributed by atoms with Crippen molar-refractivity contribution in [1.82, 2.24) is 14.8 Å². The van der Waals surface area contributed by atoms with Crippen LogP contribution >= 0.6 is 23.1 Å². The van der Waals surface area contributed by atoms with Gasteiger partial charge in [-0.05, 0) is 25.0 Å². The van der Waals surface area contributed by atoms with Crippen LogP contribution in [0.15, 0.2) is 34.7 Å². The van der Waals surface area contributed by atoms with Crippen LogP contribution in [0.2, 0.25) is 0 Å². The van der Waals surface area contributed by atoms with Crippen LogP contribution in [0.3, 0.4) is 0 Å². The molecule has 7 nitrogen and oxygen atoms in total. The molecule has 1 amide bonds. The normalized spacial score (nSPS) is 10.6. The zero-order valence-corrected chi connectivity index (χ0v) is 16.5. The maximum Gasteiger partial charge on any atom is 0.235 e. The van der Waals surface area contributed by atoms with Crippen molar-refractivity contribution in [1.29, 1.82) is 5.26 Å². The van der Waals surface area contributed by atoms with Crippen molar-refractivity contribution in [2.24, 2.45) is 0 Å². The molecule has 9 heteroatoms. The smallest absolute Gasteiger partial charge is 0.235 e. The fourth-order valence-corrected chi connectivity index (χ4v) is 4.10. The van der Waals surface area contributed by atoms with Gasteiger partial charge in [0.2, 0.25) is 11.0 Å². The first kappa shape index (κ1) is 18.9. The number of nitrogens with zero attached hydrogens (tertiary/aromatic N) is 4. The molecule has 0 saturated heterocycles. The number of hydrogen-bond acceptors (Lipinski definition) is 7. The van der Waals surface area contributed by atoms with E-state index in [1.54, 1.807) is 0 Å². The summed E-state index contributed by atoms with van der Waals surface area (Å²) in [6.07, 6.45) is 0. The van der Waals surface area contributed by atoms with Crippen LogP contribution in [-0.4, -0.2) is 26.4 Å². The summed E-state index contributed by atoms with van der Waals surface area (Å²) in [6.45, 7) is 4.42. The maximum absolute atomic E-state index is 12.5. The van der Waals surface area contributed by atoms with E-state index in [1.165, 1.54) is 23.1 Å². The highest BCUT2D eigenvalue weighted by molar-refractivity contribution is 8.01. The van der Waals surface area contributed by atoms with E-state index in [9.17, 15) is 10.1 Å². The van der Waals surface area contributed by atoms with Crippen molar-refractivity contribution >= 4 is 40.0 Å². The third-order valence-electron chi connectivity index (χ3n) is 4.13. The second-order valence-corrected chi connectivity index (χ2v) is 8.09. The molecule has 0 radical (unpaired) electrons. The van der Waals surface area contributed by atoms with Crippen molar-refractivity contribution in [2.75, 3.05) is 16.8 Å². The first-order valence-corrected chi connectivity index (χ1v) is 9.95. The van der Waals surface area contributed by atoms with Gasteiger partial charge < -0.3 is 15.6 Å². The number of amides is 1. The van der Waals surface area contributed by atoms with Crippen LogP contribution in [0.1, 0.15) is 22.4 Å². The summed E-state index contributed by atoms with van der Waals surface area (Å²) in [5.41, 5.74) is 8.95. The van der Waals surface area contributed by atoms with E-state index in [4.69, 9.17) is 5.73 Å². The fraction of sp³-hybridized carbons (Fsp3) is 0.222. The van der Waals surface area contributed by atoms with Gasteiger partial charge in [-0.2, -0.15) is 5.26 Å². The van der Waals surface area contributed by atoms with Crippen molar-refractivity contribution in [3.8, 4) is 6.07 Å². The molecule has 1 aromatic carbocycles. The Labute approximate surface area is 165 Å². The zero-order valence-electron chi connectivity index (χ0n) is 14.9. The number of aromatic nitrogens is 3. The molecular formula is C18H18N6OS2. The highest BCUT2D eigenvalue weighted by Gasteiger charge is 2.20. The van der Waals surface area contributed by atoms with Crippen LogP contribution in [0.5, 0.6) is 0 Å². The molecule has 0 fully saturated rings. The molecule has 2 aromatic heterocycles. The molecule has 0 spiro atoms. The third kappa shape index (κ3) is 4.30. The maximum atomic E-state index is 12.5. The number of nitrogen functional groups attached to an aromatic ring is 1. The second-order valence-electron chi connectivity index (χ2n) is 5.86. The van der Waals surface area contributed by atoms with E-state index in [-0.39, 0.29) is 11.7 Å². The molecule has 138 valence electrons. The zero-order chi connectivity index (χ0) is 19.4. The first-order valence-electron chi connectivity index (χ1n) is 8.15. The average molecular weight is 399 g/mol. The van der Waals surface area contributed by atoms with Crippen LogP contribution in [0.4, 0.5) is 10.9 Å². The van der Waals surface area contributed by atoms with Gasteiger partial charge in [-0.25, -0.2) is 0 Å². The minimum atomic E-state index is -0.211. The van der Waals surface area contributed by atoms with E-state index >= 15 is 0 Å². The number of nitrogens with one attached hydrogen (secondary N) is 1. The SMILES string of the molecule is Cc1c(C#N)c(NC(=O)CSc2nnc(N)s2)n(Cc2ccccc2)c1C. The summed E-state index contributed by atoms with van der Waals surface area (Å²) in [4.78, 5) is 12.5. The van der Waals surface area contributed by atoms with Gasteiger partial charge in [0.1, 0.15) is 11.9 Å². The lowest BCUT2D eigenvalue weighted by atomic mass is 10.2. The molecule has 27 heavy (non-hydrogen) atoms. The van der Waals surface area contributed by atoms with E-state index in [2.05, 4.69) is 21.6 Å². The Hall–Kier alpha value is -2.83. The molecular weight excluding hydrogens is 380 g/mol. The topological polar surface area (TPSA) is 110 Å². The molecule has 0 unspecified atom stereocenters. The highest BCUT2D eigenvalue weighted by Crippen LogP contribution is 2.28. The predicted octanol–water partition coefficient (Wildman–Crippen LogP) is 3.19. The van der Waals surface area contributed by atoms with Gasteiger partial charge >= 0.3 is 0 Å². The van der Waals surface area contributed by atoms with E-state index in [1.807, 2.05) is 48.7 Å². The van der Waals surface area contributed by atoms with E-state index < -0.39 is 0 Å². The Bertz CT molecular complexity index is 1000. The number of hydrogen-bond donors (Lipinski definition) is 2. The van der Waals surface area contributed by atoms with Gasteiger partial charge in [0.05, 0.1) is 11.3 Å². The number of benzene rings is 1. The summed E-state index contributed by atoms with van der Waals surface area (Å²) in [6, 6.07) is 12.1. The average Bonchev–Trinajstić information content (AvgIpc) is 3.18. The minimum Gasteiger partial charge on any atom is -0.374 e. The number of nitrogens with two attached hydrogens (primary N) is 1. The van der Waals surface area contributed by atoms with Crippen molar-refractivity contribution < 1.29 is 4.79 Å². The van der Waals surface area contributed by atoms with Crippen molar-refractivity contribution in [2.45, 2.75) is 24.7 Å². The molecule has 0 saturated carbocycles. The predicted molar refractivity (Wildman–Crippen MR) is 108 cm³/mol. The number of thioether (sulfide) groups is 1. The third-order valence-corrected chi connectivity index (χ3v) is 6.02. The largest absolute Gasteiger partial charge is 0.374 e. The lowest BCUT2D eigenvalue weighted by Gasteiger charge is -2.13. The summed E-state index contributed by atoms with van der Waals surface area (Å²) < 4.78 is 2.60. The lowest BCUT2D eigenvalue weighted by Crippen LogP contribution is -2.18. The van der Waals surface area contributed by atoms with E-state index in [0.29, 0.717) is 27.4 Å². The molecule has 2 heterocycles. The van der Waals surface area contributed by atoms with E-state index in [0.717, 1.165) is 16.8 Å². The second kappa shape index (κ2) is 8.24. The number of rotatable bonds is 6. The molecule has 3 aromatic rings. The Morgan fingerprint density at radius 1 is 1.33 bits per heavy atom. The monoisotopic (exact) mass is 398 g/mol. The quantitative estimate of drug-likeness (QED) is 0.617. The van der Waals surface area contributed by atoms with Crippen molar-refractivity contribution in [3.05, 3.63) is 52.7 Å². The van der Waals surface area contributed by atoms with Gasteiger partial charge in [0, 0.05) is 12.2 Å². The van der Waals surface area contributed by atoms with Crippen LogP contribution in [-0.2, 0) is 11.3 Å². The molecule has 0 atom stereocenters. The summed E-state index contributed by atoms with van der Waals surface area (Å²) in [5, 5.41) is 20.5. The summed E-state index contributed by atoms with van der Waals surface area (Å²) in [7, 11) is 0. The summed E-state index contributed by atoms with van der Waals surface area (Å²) in [5.74, 6) is 0.476. The minimum absolute atomic E-state index is 0.161.